The van der Waals surface area contributed by atoms with Crippen LogP contribution in [0.2, 0.25) is 0 Å². The zero-order valence-corrected chi connectivity index (χ0v) is 15.8. The third-order valence-electron chi connectivity index (χ3n) is 5.37. The molecule has 1 atom stereocenters. The van der Waals surface area contributed by atoms with E-state index in [4.69, 9.17) is 0 Å². The summed E-state index contributed by atoms with van der Waals surface area (Å²) in [5, 5.41) is 3.04. The van der Waals surface area contributed by atoms with Crippen LogP contribution in [0.15, 0.2) is 0 Å². The quantitative estimate of drug-likeness (QED) is 0.610. The second-order valence-corrected chi connectivity index (χ2v) is 9.99. The molecule has 1 N–H and O–H groups in total. The van der Waals surface area contributed by atoms with E-state index in [0.29, 0.717) is 6.42 Å². The number of carbonyl (C=O) groups excluding carboxylic acids is 2. The number of nitrogens with zero attached hydrogens (tertiary/aromatic N) is 1. The zero-order valence-electron chi connectivity index (χ0n) is 15.0. The second kappa shape index (κ2) is 7.42. The van der Waals surface area contributed by atoms with Gasteiger partial charge < -0.3 is 10.2 Å². The monoisotopic (exact) mass is 358 g/mol. The predicted octanol–water partition coefficient (Wildman–Crippen LogP) is 1.50. The summed E-state index contributed by atoms with van der Waals surface area (Å²) in [5.41, 5.74) is -1.19. The molecule has 0 aromatic carbocycles. The minimum absolute atomic E-state index is 0.00440. The maximum atomic E-state index is 12.8. The van der Waals surface area contributed by atoms with E-state index in [9.17, 15) is 18.0 Å². The smallest absolute Gasteiger partial charge is 0.237 e. The highest BCUT2D eigenvalue weighted by molar-refractivity contribution is 7.91. The lowest BCUT2D eigenvalue weighted by atomic mass is 9.89. The van der Waals surface area contributed by atoms with Gasteiger partial charge in [0.2, 0.25) is 11.8 Å². The summed E-state index contributed by atoms with van der Waals surface area (Å²) in [4.78, 5) is 26.9. The van der Waals surface area contributed by atoms with Gasteiger partial charge in [-0.25, -0.2) is 8.42 Å². The summed E-state index contributed by atoms with van der Waals surface area (Å²) in [7, 11) is -1.46. The Hall–Kier alpha value is -1.11. The first-order valence-corrected chi connectivity index (χ1v) is 10.7. The molecule has 0 aromatic rings. The average molecular weight is 359 g/mol. The van der Waals surface area contributed by atoms with Gasteiger partial charge in [0.05, 0.1) is 11.5 Å². The highest BCUT2D eigenvalue weighted by Crippen LogP contribution is 2.25. The normalized spacial score (nSPS) is 25.0. The van der Waals surface area contributed by atoms with Gasteiger partial charge in [0, 0.05) is 19.1 Å². The van der Waals surface area contributed by atoms with E-state index in [-0.39, 0.29) is 35.4 Å². The minimum Gasteiger partial charge on any atom is -0.352 e. The highest BCUT2D eigenvalue weighted by atomic mass is 32.2. The van der Waals surface area contributed by atoms with E-state index in [0.717, 1.165) is 25.7 Å². The first-order chi connectivity index (χ1) is 11.1. The Morgan fingerprint density at radius 3 is 2.12 bits per heavy atom. The van der Waals surface area contributed by atoms with Gasteiger partial charge in [-0.2, -0.15) is 0 Å². The van der Waals surface area contributed by atoms with Crippen molar-refractivity contribution in [3.63, 3.8) is 0 Å². The number of sulfone groups is 1. The fraction of sp³-hybridized carbons (Fsp3) is 0.882. The predicted molar refractivity (Wildman–Crippen MR) is 93.2 cm³/mol. The molecule has 2 rings (SSSR count). The van der Waals surface area contributed by atoms with Crippen molar-refractivity contribution >= 4 is 21.7 Å². The highest BCUT2D eigenvalue weighted by Gasteiger charge is 2.42. The van der Waals surface area contributed by atoms with Gasteiger partial charge in [-0.3, -0.25) is 9.59 Å². The molecule has 1 heterocycles. The molecule has 2 amide bonds. The summed E-state index contributed by atoms with van der Waals surface area (Å²) in [5.74, 6) is -0.456. The largest absolute Gasteiger partial charge is 0.352 e. The van der Waals surface area contributed by atoms with Crippen LogP contribution in [0.4, 0.5) is 0 Å². The maximum absolute atomic E-state index is 12.8. The van der Waals surface area contributed by atoms with Gasteiger partial charge in [0.15, 0.2) is 9.84 Å². The Kier molecular flexibility index (Phi) is 5.94. The molecule has 2 fully saturated rings. The molecule has 0 aromatic heterocycles. The van der Waals surface area contributed by atoms with E-state index >= 15 is 0 Å². The minimum atomic E-state index is -3.06. The number of hydrogen-bond donors (Lipinski definition) is 1. The average Bonchev–Trinajstić information content (AvgIpc) is 2.72. The first-order valence-electron chi connectivity index (χ1n) is 8.92. The van der Waals surface area contributed by atoms with Crippen molar-refractivity contribution in [2.75, 3.05) is 18.6 Å². The Morgan fingerprint density at radius 1 is 1.04 bits per heavy atom. The fourth-order valence-electron chi connectivity index (χ4n) is 3.57. The standard InChI is InChI=1S/C17H30N2O4S/c1-17(2,15(20)18-13-8-6-4-5-7-9-13)16(21)19(3)14-10-11-24(22,23)12-14/h13-14H,4-12H2,1-3H3,(H,18,20). The van der Waals surface area contributed by atoms with E-state index < -0.39 is 15.3 Å². The van der Waals surface area contributed by atoms with Crippen LogP contribution in [0.1, 0.15) is 58.8 Å². The van der Waals surface area contributed by atoms with Crippen molar-refractivity contribution in [2.24, 2.45) is 5.41 Å². The Bertz CT molecular complexity index is 577. The summed E-state index contributed by atoms with van der Waals surface area (Å²) in [6.45, 7) is 3.25. The number of carbonyl (C=O) groups is 2. The van der Waals surface area contributed by atoms with Gasteiger partial charge in [-0.05, 0) is 33.1 Å². The van der Waals surface area contributed by atoms with E-state index in [1.165, 1.54) is 17.7 Å². The van der Waals surface area contributed by atoms with Crippen LogP contribution in [0, 0.1) is 5.41 Å². The lowest BCUT2D eigenvalue weighted by molar-refractivity contribution is -0.149. The van der Waals surface area contributed by atoms with Gasteiger partial charge in [0.1, 0.15) is 5.41 Å². The molecule has 7 heteroatoms. The molecule has 1 unspecified atom stereocenters. The molecule has 1 saturated heterocycles. The molecule has 1 saturated carbocycles. The number of amides is 2. The third-order valence-corrected chi connectivity index (χ3v) is 7.12. The van der Waals surface area contributed by atoms with E-state index in [1.807, 2.05) is 0 Å². The van der Waals surface area contributed by atoms with Gasteiger partial charge in [-0.15, -0.1) is 0 Å². The summed E-state index contributed by atoms with van der Waals surface area (Å²) >= 11 is 0. The Balaban J connectivity index is 1.99. The van der Waals surface area contributed by atoms with Crippen LogP contribution >= 0.6 is 0 Å². The van der Waals surface area contributed by atoms with Crippen LogP contribution in [-0.4, -0.2) is 55.8 Å². The topological polar surface area (TPSA) is 83.6 Å². The Morgan fingerprint density at radius 2 is 1.62 bits per heavy atom. The van der Waals surface area contributed by atoms with Crippen LogP contribution in [-0.2, 0) is 19.4 Å². The van der Waals surface area contributed by atoms with E-state index in [1.54, 1.807) is 20.9 Å². The van der Waals surface area contributed by atoms with Crippen molar-refractivity contribution in [1.29, 1.82) is 0 Å². The zero-order chi connectivity index (χ0) is 18.0. The van der Waals surface area contributed by atoms with Gasteiger partial charge >= 0.3 is 0 Å². The van der Waals surface area contributed by atoms with Gasteiger partial charge in [0.25, 0.3) is 0 Å². The molecule has 1 aliphatic heterocycles. The molecule has 24 heavy (non-hydrogen) atoms. The van der Waals surface area contributed by atoms with Crippen LogP contribution < -0.4 is 5.32 Å². The third kappa shape index (κ3) is 4.49. The first kappa shape index (κ1) is 19.2. The second-order valence-electron chi connectivity index (χ2n) is 7.76. The van der Waals surface area contributed by atoms with Crippen molar-refractivity contribution in [3.05, 3.63) is 0 Å². The summed E-state index contributed by atoms with van der Waals surface area (Å²) < 4.78 is 23.3. The number of rotatable bonds is 4. The summed E-state index contributed by atoms with van der Waals surface area (Å²) in [6.07, 6.45) is 7.00. The molecule has 0 spiro atoms. The lowest BCUT2D eigenvalue weighted by Gasteiger charge is -2.32. The lowest BCUT2D eigenvalue weighted by Crippen LogP contribution is -2.53. The van der Waals surface area contributed by atoms with Crippen LogP contribution in [0.25, 0.3) is 0 Å². The SMILES string of the molecule is CN(C(=O)C(C)(C)C(=O)NC1CCCCCC1)C1CCS(=O)(=O)C1. The van der Waals surface area contributed by atoms with Crippen LogP contribution in [0.3, 0.4) is 0 Å². The van der Waals surface area contributed by atoms with Crippen molar-refractivity contribution in [1.82, 2.24) is 10.2 Å². The molecule has 6 nitrogen and oxygen atoms in total. The van der Waals surface area contributed by atoms with Crippen molar-refractivity contribution in [2.45, 2.75) is 70.9 Å². The van der Waals surface area contributed by atoms with Crippen molar-refractivity contribution < 1.29 is 18.0 Å². The fourth-order valence-corrected chi connectivity index (χ4v) is 5.35. The molecule has 1 aliphatic carbocycles. The molecule has 0 bridgehead atoms. The molecular formula is C17H30N2O4S. The summed E-state index contributed by atoms with van der Waals surface area (Å²) in [6, 6.07) is -0.184. The van der Waals surface area contributed by atoms with E-state index in [2.05, 4.69) is 5.32 Å². The van der Waals surface area contributed by atoms with Crippen molar-refractivity contribution in [3.8, 4) is 0 Å². The number of nitrogens with one attached hydrogen (secondary N) is 1. The molecular weight excluding hydrogens is 328 g/mol. The van der Waals surface area contributed by atoms with Gasteiger partial charge in [-0.1, -0.05) is 25.7 Å². The van der Waals surface area contributed by atoms with Crippen LogP contribution in [0.5, 0.6) is 0 Å². The number of hydrogen-bond acceptors (Lipinski definition) is 4. The maximum Gasteiger partial charge on any atom is 0.237 e. The molecule has 0 radical (unpaired) electrons. The Labute approximate surface area is 145 Å². The molecule has 2 aliphatic rings. The molecule has 138 valence electrons.